The van der Waals surface area contributed by atoms with Crippen LogP contribution in [0.15, 0.2) is 30.3 Å². The Morgan fingerprint density at radius 1 is 1.30 bits per heavy atom. The minimum Gasteiger partial charge on any atom is -0.444 e. The number of carbonyl (C=O) groups is 2. The van der Waals surface area contributed by atoms with Crippen molar-refractivity contribution >= 4 is 28.7 Å². The molecule has 2 heterocycles. The van der Waals surface area contributed by atoms with Crippen LogP contribution in [0.4, 0.5) is 9.93 Å². The zero-order chi connectivity index (χ0) is 19.6. The van der Waals surface area contributed by atoms with Crippen molar-refractivity contribution in [3.63, 3.8) is 0 Å². The van der Waals surface area contributed by atoms with E-state index < -0.39 is 29.7 Å². The number of β-amino-alcohol motifs (C(OH)–C–C–N with tert-alkyl or cyclic N) is 1. The molecule has 1 aliphatic rings. The van der Waals surface area contributed by atoms with E-state index in [0.29, 0.717) is 11.0 Å². The molecular formula is C18H22N4O4S. The summed E-state index contributed by atoms with van der Waals surface area (Å²) in [7, 11) is 0. The predicted molar refractivity (Wildman–Crippen MR) is 101 cm³/mol. The second-order valence-corrected chi connectivity index (χ2v) is 8.07. The molecule has 27 heavy (non-hydrogen) atoms. The molecule has 0 saturated carbocycles. The summed E-state index contributed by atoms with van der Waals surface area (Å²) in [5.74, 6) is 0.0968. The first kappa shape index (κ1) is 19.2. The third-order valence-corrected chi connectivity index (χ3v) is 4.53. The van der Waals surface area contributed by atoms with Crippen molar-refractivity contribution in [2.24, 2.45) is 0 Å². The summed E-state index contributed by atoms with van der Waals surface area (Å²) in [4.78, 5) is 30.6. The Morgan fingerprint density at radius 3 is 2.67 bits per heavy atom. The van der Waals surface area contributed by atoms with Crippen LogP contribution in [0.2, 0.25) is 0 Å². The second kappa shape index (κ2) is 7.61. The van der Waals surface area contributed by atoms with Gasteiger partial charge in [0.15, 0.2) is 5.82 Å². The molecule has 8 nitrogen and oxygen atoms in total. The molecule has 2 N–H and O–H groups in total. The van der Waals surface area contributed by atoms with Gasteiger partial charge in [-0.1, -0.05) is 30.3 Å². The highest BCUT2D eigenvalue weighted by Crippen LogP contribution is 2.25. The summed E-state index contributed by atoms with van der Waals surface area (Å²) >= 11 is 1.06. The molecule has 2 amide bonds. The van der Waals surface area contributed by atoms with Gasteiger partial charge in [-0.15, -0.1) is 0 Å². The van der Waals surface area contributed by atoms with Gasteiger partial charge in [0.2, 0.25) is 11.0 Å². The molecule has 0 aliphatic carbocycles. The van der Waals surface area contributed by atoms with Crippen LogP contribution in [-0.2, 0) is 9.53 Å². The highest BCUT2D eigenvalue weighted by Gasteiger charge is 2.41. The van der Waals surface area contributed by atoms with Gasteiger partial charge in [-0.3, -0.25) is 15.0 Å². The molecule has 0 bridgehead atoms. The fourth-order valence-corrected chi connectivity index (χ4v) is 3.34. The number of aliphatic hydroxyl groups is 1. The van der Waals surface area contributed by atoms with E-state index in [9.17, 15) is 14.7 Å². The number of hydrogen-bond donors (Lipinski definition) is 2. The molecule has 2 atom stereocenters. The minimum atomic E-state index is -0.820. The van der Waals surface area contributed by atoms with Gasteiger partial charge in [-0.25, -0.2) is 4.79 Å². The zero-order valence-corrected chi connectivity index (χ0v) is 16.2. The summed E-state index contributed by atoms with van der Waals surface area (Å²) in [5.41, 5.74) is 0.163. The van der Waals surface area contributed by atoms with E-state index in [4.69, 9.17) is 4.74 Å². The third-order valence-electron chi connectivity index (χ3n) is 3.90. The van der Waals surface area contributed by atoms with Gasteiger partial charge in [0.25, 0.3) is 0 Å². The number of benzene rings is 1. The van der Waals surface area contributed by atoms with E-state index in [-0.39, 0.29) is 13.0 Å². The van der Waals surface area contributed by atoms with Crippen molar-refractivity contribution in [1.29, 1.82) is 0 Å². The Bertz CT molecular complexity index is 818. The lowest BCUT2D eigenvalue weighted by Gasteiger charge is -2.27. The van der Waals surface area contributed by atoms with Gasteiger partial charge in [-0.05, 0) is 20.8 Å². The van der Waals surface area contributed by atoms with Crippen LogP contribution in [-0.4, -0.2) is 55.7 Å². The fourth-order valence-electron chi connectivity index (χ4n) is 2.75. The number of carbonyl (C=O) groups excluding carboxylic acids is 2. The van der Waals surface area contributed by atoms with E-state index >= 15 is 0 Å². The Labute approximate surface area is 161 Å². The first-order valence-corrected chi connectivity index (χ1v) is 9.38. The Hall–Kier alpha value is -2.52. The largest absolute Gasteiger partial charge is 0.444 e. The monoisotopic (exact) mass is 390 g/mol. The summed E-state index contributed by atoms with van der Waals surface area (Å²) in [6.07, 6.45) is -1.25. The molecule has 0 spiro atoms. The normalized spacial score (nSPS) is 19.8. The summed E-state index contributed by atoms with van der Waals surface area (Å²) < 4.78 is 9.58. The number of ether oxygens (including phenoxy) is 1. The maximum absolute atomic E-state index is 12.7. The number of hydrogen-bond acceptors (Lipinski definition) is 7. The smallest absolute Gasteiger partial charge is 0.411 e. The summed E-state index contributed by atoms with van der Waals surface area (Å²) in [6, 6.07) is 8.60. The van der Waals surface area contributed by atoms with E-state index in [0.717, 1.165) is 17.1 Å². The predicted octanol–water partition coefficient (Wildman–Crippen LogP) is 2.51. The number of anilines is 1. The van der Waals surface area contributed by atoms with E-state index in [1.165, 1.54) is 4.90 Å². The molecule has 144 valence electrons. The van der Waals surface area contributed by atoms with Gasteiger partial charge in [-0.2, -0.15) is 9.36 Å². The van der Waals surface area contributed by atoms with Crippen molar-refractivity contribution in [3.8, 4) is 11.4 Å². The molecule has 2 aromatic rings. The summed E-state index contributed by atoms with van der Waals surface area (Å²) in [5, 5.41) is 13.0. The van der Waals surface area contributed by atoms with Crippen LogP contribution in [0.1, 0.15) is 27.2 Å². The van der Waals surface area contributed by atoms with Crippen LogP contribution < -0.4 is 5.32 Å². The van der Waals surface area contributed by atoms with Gasteiger partial charge >= 0.3 is 6.09 Å². The average Bonchev–Trinajstić information content (AvgIpc) is 3.21. The standard InChI is InChI=1S/C18H22N4O4S/c1-18(2,3)26-17(25)22-10-12(23)9-13(22)15(24)20-16-19-14(21-27-16)11-7-5-4-6-8-11/h4-8,12-13,23H,9-10H2,1-3H3,(H,19,20,21,24)/t12-,13+/m1/s1. The molecule has 9 heteroatoms. The molecule has 1 saturated heterocycles. The molecule has 1 aromatic heterocycles. The number of nitrogens with zero attached hydrogens (tertiary/aromatic N) is 3. The Balaban J connectivity index is 1.69. The lowest BCUT2D eigenvalue weighted by Crippen LogP contribution is -2.45. The van der Waals surface area contributed by atoms with E-state index in [2.05, 4.69) is 14.7 Å². The topological polar surface area (TPSA) is 105 Å². The quantitative estimate of drug-likeness (QED) is 0.834. The lowest BCUT2D eigenvalue weighted by molar-refractivity contribution is -0.120. The van der Waals surface area contributed by atoms with Crippen LogP contribution in [0, 0.1) is 0 Å². The Morgan fingerprint density at radius 2 is 2.00 bits per heavy atom. The number of rotatable bonds is 3. The third kappa shape index (κ3) is 4.81. The zero-order valence-electron chi connectivity index (χ0n) is 15.4. The average molecular weight is 390 g/mol. The Kier molecular flexibility index (Phi) is 5.43. The first-order valence-electron chi connectivity index (χ1n) is 8.60. The number of likely N-dealkylation sites (tertiary alicyclic amines) is 1. The summed E-state index contributed by atoms with van der Waals surface area (Å²) in [6.45, 7) is 5.30. The SMILES string of the molecule is CC(C)(C)OC(=O)N1C[C@H](O)C[C@H]1C(=O)Nc1nc(-c2ccccc2)ns1. The minimum absolute atomic E-state index is 0.0540. The molecule has 0 unspecified atom stereocenters. The highest BCUT2D eigenvalue weighted by molar-refractivity contribution is 7.10. The molecule has 1 aliphatic heterocycles. The number of amides is 2. The molecule has 0 radical (unpaired) electrons. The van der Waals surface area contributed by atoms with Crippen molar-refractivity contribution in [2.75, 3.05) is 11.9 Å². The molecular weight excluding hydrogens is 368 g/mol. The highest BCUT2D eigenvalue weighted by atomic mass is 32.1. The van der Waals surface area contributed by atoms with Gasteiger partial charge < -0.3 is 9.84 Å². The van der Waals surface area contributed by atoms with Crippen LogP contribution in [0.3, 0.4) is 0 Å². The van der Waals surface area contributed by atoms with Crippen molar-refractivity contribution < 1.29 is 19.4 Å². The van der Waals surface area contributed by atoms with Crippen LogP contribution >= 0.6 is 11.5 Å². The molecule has 1 fully saturated rings. The maximum Gasteiger partial charge on any atom is 0.411 e. The second-order valence-electron chi connectivity index (χ2n) is 7.32. The van der Waals surface area contributed by atoms with Gasteiger partial charge in [0.1, 0.15) is 11.6 Å². The fraction of sp³-hybridized carbons (Fsp3) is 0.444. The van der Waals surface area contributed by atoms with Crippen molar-refractivity contribution in [2.45, 2.75) is 44.9 Å². The van der Waals surface area contributed by atoms with Crippen LogP contribution in [0.5, 0.6) is 0 Å². The van der Waals surface area contributed by atoms with Crippen LogP contribution in [0.25, 0.3) is 11.4 Å². The lowest BCUT2D eigenvalue weighted by atomic mass is 10.2. The number of nitrogens with one attached hydrogen (secondary N) is 1. The number of aliphatic hydroxyl groups excluding tert-OH is 1. The maximum atomic E-state index is 12.7. The van der Waals surface area contributed by atoms with Crippen molar-refractivity contribution in [3.05, 3.63) is 30.3 Å². The molecule has 3 rings (SSSR count). The van der Waals surface area contributed by atoms with E-state index in [1.807, 2.05) is 30.3 Å². The van der Waals surface area contributed by atoms with Gasteiger partial charge in [0.05, 0.1) is 12.6 Å². The first-order chi connectivity index (χ1) is 12.7. The van der Waals surface area contributed by atoms with Crippen molar-refractivity contribution in [1.82, 2.24) is 14.3 Å². The van der Waals surface area contributed by atoms with Gasteiger partial charge in [0, 0.05) is 23.5 Å². The van der Waals surface area contributed by atoms with E-state index in [1.54, 1.807) is 20.8 Å². The molecule has 1 aromatic carbocycles. The number of aromatic nitrogens is 2.